The molecule has 3 aromatic rings. The molecule has 1 amide bonds. The lowest BCUT2D eigenvalue weighted by Gasteiger charge is -2.08. The quantitative estimate of drug-likeness (QED) is 0.478. The molecule has 0 aliphatic carbocycles. The maximum atomic E-state index is 12.8. The van der Waals surface area contributed by atoms with E-state index in [0.29, 0.717) is 21.4 Å². The number of carbonyl (C=O) groups is 3. The summed E-state index contributed by atoms with van der Waals surface area (Å²) in [4.78, 5) is 49.9. The second-order valence-corrected chi connectivity index (χ2v) is 7.92. The number of nitrogens with one attached hydrogen (secondary N) is 1. The van der Waals surface area contributed by atoms with Crippen molar-refractivity contribution in [2.75, 3.05) is 11.9 Å². The second-order valence-electron chi connectivity index (χ2n) is 6.90. The molecule has 0 aliphatic heterocycles. The number of thiophene rings is 1. The van der Waals surface area contributed by atoms with Crippen molar-refractivity contribution in [1.82, 2.24) is 0 Å². The van der Waals surface area contributed by atoms with Crippen molar-refractivity contribution in [3.63, 3.8) is 0 Å². The molecule has 0 saturated carbocycles. The first-order valence-electron chi connectivity index (χ1n) is 9.31. The molecular formula is C22H21NO6S. The molecule has 0 bridgehead atoms. The van der Waals surface area contributed by atoms with Gasteiger partial charge in [0.15, 0.2) is 17.0 Å². The fraction of sp³-hybridized carbons (Fsp3) is 0.273. The number of ketones is 1. The van der Waals surface area contributed by atoms with Crippen LogP contribution < -0.4 is 10.7 Å². The smallest absolute Gasteiger partial charge is 0.341 e. The minimum absolute atomic E-state index is 0.120. The molecule has 8 heteroatoms. The van der Waals surface area contributed by atoms with Crippen molar-refractivity contribution >= 4 is 45.0 Å². The fourth-order valence-electron chi connectivity index (χ4n) is 3.07. The Bertz CT molecular complexity index is 1250. The van der Waals surface area contributed by atoms with Gasteiger partial charge in [0.25, 0.3) is 5.91 Å². The summed E-state index contributed by atoms with van der Waals surface area (Å²) >= 11 is 0.982. The maximum Gasteiger partial charge on any atom is 0.341 e. The van der Waals surface area contributed by atoms with E-state index in [-0.39, 0.29) is 34.1 Å². The van der Waals surface area contributed by atoms with Gasteiger partial charge in [-0.05, 0) is 63.4 Å². The van der Waals surface area contributed by atoms with Gasteiger partial charge in [-0.2, -0.15) is 0 Å². The number of ether oxygens (including phenoxy) is 1. The third-order valence-electron chi connectivity index (χ3n) is 4.74. The van der Waals surface area contributed by atoms with Gasteiger partial charge in [-0.1, -0.05) is 0 Å². The van der Waals surface area contributed by atoms with Crippen LogP contribution in [-0.2, 0) is 4.74 Å². The summed E-state index contributed by atoms with van der Waals surface area (Å²) in [6.45, 7) is 8.58. The number of fused-ring (bicyclic) bond motifs is 1. The summed E-state index contributed by atoms with van der Waals surface area (Å²) in [6, 6.07) is 4.54. The van der Waals surface area contributed by atoms with Crippen LogP contribution in [0.15, 0.2) is 27.4 Å². The highest BCUT2D eigenvalue weighted by molar-refractivity contribution is 7.18. The van der Waals surface area contributed by atoms with Gasteiger partial charge in [-0.15, -0.1) is 11.3 Å². The summed E-state index contributed by atoms with van der Waals surface area (Å²) < 4.78 is 10.7. The first-order valence-corrected chi connectivity index (χ1v) is 10.1. The fourth-order valence-corrected chi connectivity index (χ4v) is 4.16. The van der Waals surface area contributed by atoms with E-state index in [9.17, 15) is 19.2 Å². The normalized spacial score (nSPS) is 10.8. The van der Waals surface area contributed by atoms with Gasteiger partial charge in [-0.25, -0.2) is 4.79 Å². The Kier molecular flexibility index (Phi) is 5.89. The standard InChI is InChI=1S/C22H21NO6S/c1-6-28-22(27)18-12(4)19(13(5)24)30-21(18)23-20(26)17-9-15(25)14-7-10(2)11(3)8-16(14)29-17/h7-9H,6H2,1-5H3,(H,23,26). The predicted molar refractivity (Wildman–Crippen MR) is 115 cm³/mol. The van der Waals surface area contributed by atoms with E-state index < -0.39 is 11.9 Å². The average molecular weight is 427 g/mol. The molecule has 3 rings (SSSR count). The van der Waals surface area contributed by atoms with Gasteiger partial charge in [0.1, 0.15) is 10.6 Å². The number of hydrogen-bond donors (Lipinski definition) is 1. The third kappa shape index (κ3) is 3.91. The number of hydrogen-bond acceptors (Lipinski definition) is 7. The lowest BCUT2D eigenvalue weighted by Crippen LogP contribution is -2.17. The monoisotopic (exact) mass is 427 g/mol. The van der Waals surface area contributed by atoms with Crippen LogP contribution in [0.1, 0.15) is 61.1 Å². The second kappa shape index (κ2) is 8.23. The molecule has 0 spiro atoms. The minimum Gasteiger partial charge on any atom is -0.462 e. The van der Waals surface area contributed by atoms with Crippen molar-refractivity contribution in [2.45, 2.75) is 34.6 Å². The highest BCUT2D eigenvalue weighted by Crippen LogP contribution is 2.34. The Morgan fingerprint density at radius 3 is 2.40 bits per heavy atom. The number of anilines is 1. The van der Waals surface area contributed by atoms with E-state index in [0.717, 1.165) is 28.5 Å². The molecule has 0 aliphatic rings. The van der Waals surface area contributed by atoms with Gasteiger partial charge < -0.3 is 14.5 Å². The summed E-state index contributed by atoms with van der Waals surface area (Å²) in [6.07, 6.45) is 0. The van der Waals surface area contributed by atoms with Gasteiger partial charge in [0, 0.05) is 6.07 Å². The Morgan fingerprint density at radius 1 is 1.10 bits per heavy atom. The molecule has 30 heavy (non-hydrogen) atoms. The summed E-state index contributed by atoms with van der Waals surface area (Å²) in [5, 5.41) is 3.15. The molecule has 156 valence electrons. The number of aryl methyl sites for hydroxylation is 2. The largest absolute Gasteiger partial charge is 0.462 e. The first-order chi connectivity index (χ1) is 14.1. The molecule has 1 aromatic carbocycles. The zero-order valence-electron chi connectivity index (χ0n) is 17.3. The SMILES string of the molecule is CCOC(=O)c1c(NC(=O)c2cc(=O)c3cc(C)c(C)cc3o2)sc(C(C)=O)c1C. The highest BCUT2D eigenvalue weighted by Gasteiger charge is 2.26. The van der Waals surface area contributed by atoms with Crippen molar-refractivity contribution in [3.8, 4) is 0 Å². The van der Waals surface area contributed by atoms with Gasteiger partial charge in [-0.3, -0.25) is 14.4 Å². The third-order valence-corrected chi connectivity index (χ3v) is 6.05. The summed E-state index contributed by atoms with van der Waals surface area (Å²) in [5.41, 5.74) is 2.38. The summed E-state index contributed by atoms with van der Waals surface area (Å²) in [7, 11) is 0. The molecule has 0 radical (unpaired) electrons. The van der Waals surface area contributed by atoms with E-state index in [2.05, 4.69) is 5.32 Å². The Hall–Kier alpha value is -3.26. The lowest BCUT2D eigenvalue weighted by atomic mass is 10.1. The van der Waals surface area contributed by atoms with Crippen LogP contribution in [0.3, 0.4) is 0 Å². The first kappa shape index (κ1) is 21.4. The molecule has 2 aromatic heterocycles. The van der Waals surface area contributed by atoms with E-state index in [4.69, 9.17) is 9.15 Å². The van der Waals surface area contributed by atoms with Crippen LogP contribution in [0.25, 0.3) is 11.0 Å². The molecule has 0 atom stereocenters. The molecule has 0 unspecified atom stereocenters. The molecule has 2 heterocycles. The number of rotatable bonds is 5. The van der Waals surface area contributed by atoms with E-state index in [1.54, 1.807) is 26.0 Å². The topological polar surface area (TPSA) is 103 Å². The number of amides is 1. The number of benzene rings is 1. The van der Waals surface area contributed by atoms with Crippen LogP contribution in [0.2, 0.25) is 0 Å². The van der Waals surface area contributed by atoms with Crippen molar-refractivity contribution in [2.24, 2.45) is 0 Å². The van der Waals surface area contributed by atoms with Crippen LogP contribution in [0.4, 0.5) is 5.00 Å². The number of Topliss-reactive ketones (excluding diaryl/α,β-unsaturated/α-hetero) is 1. The van der Waals surface area contributed by atoms with Gasteiger partial charge in [0.05, 0.1) is 22.4 Å². The molecule has 1 N–H and O–H groups in total. The van der Waals surface area contributed by atoms with Crippen molar-refractivity contribution in [1.29, 1.82) is 0 Å². The van der Waals surface area contributed by atoms with Crippen molar-refractivity contribution in [3.05, 3.63) is 61.3 Å². The van der Waals surface area contributed by atoms with Crippen LogP contribution in [0, 0.1) is 20.8 Å². The van der Waals surface area contributed by atoms with E-state index in [1.807, 2.05) is 13.8 Å². The Balaban J connectivity index is 2.05. The van der Waals surface area contributed by atoms with Gasteiger partial charge in [0.2, 0.25) is 0 Å². The van der Waals surface area contributed by atoms with E-state index >= 15 is 0 Å². The molecule has 7 nitrogen and oxygen atoms in total. The van der Waals surface area contributed by atoms with Gasteiger partial charge >= 0.3 is 5.97 Å². The zero-order valence-corrected chi connectivity index (χ0v) is 18.1. The molecular weight excluding hydrogens is 406 g/mol. The Labute approximate surface area is 176 Å². The van der Waals surface area contributed by atoms with Crippen LogP contribution >= 0.6 is 11.3 Å². The lowest BCUT2D eigenvalue weighted by molar-refractivity contribution is 0.0527. The van der Waals surface area contributed by atoms with Crippen LogP contribution in [0.5, 0.6) is 0 Å². The van der Waals surface area contributed by atoms with Crippen molar-refractivity contribution < 1.29 is 23.5 Å². The maximum absolute atomic E-state index is 12.8. The molecule has 0 fully saturated rings. The average Bonchev–Trinajstić information content (AvgIpc) is 2.99. The minimum atomic E-state index is -0.700. The number of esters is 1. The van der Waals surface area contributed by atoms with E-state index in [1.165, 1.54) is 6.92 Å². The molecule has 0 saturated heterocycles. The highest BCUT2D eigenvalue weighted by atomic mass is 32.1. The predicted octanol–water partition coefficient (Wildman–Crippen LogP) is 4.41. The number of carbonyl (C=O) groups excluding carboxylic acids is 3. The summed E-state index contributed by atoms with van der Waals surface area (Å²) in [5.74, 6) is -1.76. The zero-order chi connectivity index (χ0) is 22.2. The Morgan fingerprint density at radius 2 is 1.77 bits per heavy atom. The van der Waals surface area contributed by atoms with Crippen LogP contribution in [-0.4, -0.2) is 24.3 Å².